The number of guanidine groups is 1. The van der Waals surface area contributed by atoms with E-state index < -0.39 is 36.1 Å². The number of aromatic nitrogens is 7. The smallest absolute Gasteiger partial charge is 0.338 e. The first-order chi connectivity index (χ1) is 51.1. The lowest BCUT2D eigenvalue weighted by Gasteiger charge is -2.20. The topological polar surface area (TPSA) is 481 Å². The highest BCUT2D eigenvalue weighted by Crippen LogP contribution is 2.36. The van der Waals surface area contributed by atoms with Crippen molar-refractivity contribution in [2.24, 2.45) is 40.7 Å². The minimum absolute atomic E-state index is 0.0278. The van der Waals surface area contributed by atoms with Crippen molar-refractivity contribution in [1.29, 1.82) is 0 Å². The van der Waals surface area contributed by atoms with Gasteiger partial charge in [0.25, 0.3) is 29.5 Å². The van der Waals surface area contributed by atoms with E-state index >= 15 is 0 Å². The summed E-state index contributed by atoms with van der Waals surface area (Å²) in [5.41, 5.74) is 35.1. The molecule has 0 fully saturated rings. The first-order valence-corrected chi connectivity index (χ1v) is 42.7. The van der Waals surface area contributed by atoms with E-state index in [1.807, 2.05) is 69.2 Å². The van der Waals surface area contributed by atoms with Gasteiger partial charge in [-0.25, -0.2) is 34.9 Å². The molecule has 0 radical (unpaired) electrons. The third-order valence-corrected chi connectivity index (χ3v) is 23.9. The second-order valence-electron chi connectivity index (χ2n) is 28.0. The van der Waals surface area contributed by atoms with Crippen molar-refractivity contribution in [2.45, 2.75) is 237 Å². The van der Waals surface area contributed by atoms with E-state index in [1.54, 1.807) is 19.4 Å². The summed E-state index contributed by atoms with van der Waals surface area (Å²) >= 11 is 9.19. The van der Waals surface area contributed by atoms with Crippen molar-refractivity contribution in [1.82, 2.24) is 66.8 Å². The van der Waals surface area contributed by atoms with Crippen LogP contribution in [-0.2, 0) is 12.8 Å². The van der Waals surface area contributed by atoms with Crippen LogP contribution in [-0.4, -0.2) is 121 Å². The van der Waals surface area contributed by atoms with Crippen LogP contribution in [0.25, 0.3) is 0 Å². The number of amides is 5. The lowest BCUT2D eigenvalue weighted by molar-refractivity contribution is -0.459. The predicted molar refractivity (Wildman–Crippen MR) is 435 cm³/mol. The summed E-state index contributed by atoms with van der Waals surface area (Å²) in [6.45, 7) is 35.3. The van der Waals surface area contributed by atoms with Gasteiger partial charge in [0, 0.05) is 36.3 Å². The molecule has 7 aromatic heterocycles. The number of aryl methyl sites for hydroxylation is 6. The van der Waals surface area contributed by atoms with Gasteiger partial charge < -0.3 is 49.1 Å². The van der Waals surface area contributed by atoms with Gasteiger partial charge in [0.1, 0.15) is 24.4 Å². The fourth-order valence-electron chi connectivity index (χ4n) is 11.9. The second-order valence-corrected chi connectivity index (χ2v) is 35.9. The monoisotopic (exact) mass is 1620 g/mol. The number of nitrogens with zero attached hydrogens (tertiary/aromatic N) is 7. The Morgan fingerprint density at radius 2 is 0.852 bits per heavy atom. The number of thiazole rings is 7. The molecule has 0 aliphatic carbocycles. The summed E-state index contributed by atoms with van der Waals surface area (Å²) in [7, 11) is 0. The van der Waals surface area contributed by atoms with Crippen molar-refractivity contribution in [3.8, 4) is 0 Å². The Bertz CT molecular complexity index is 4140. The zero-order valence-corrected chi connectivity index (χ0v) is 71.5. The van der Waals surface area contributed by atoms with Crippen LogP contribution < -0.4 is 76.7 Å². The molecule has 0 saturated carbocycles. The first kappa shape index (κ1) is 91.3. The standard InChI is InChI=1S/C39H57N11O4S4.C33H52N8O3S3.CH4N2/c1-18(2)16-20(5)27-33(55-17-44-27)36(52)49-25(12-11-15-43-39(41)42)30-35(57-24(9)48-30)38(54)46-22(7)29-34(58-26(50-29)13-10-14-40)37(53)45-21(6)28-32(31(51)19(3)4)56-23(8)47-28;1-17(2)28(42)29-25(41-24(47-29)14-10-12-16-35)20(6)37-32(43)31-27(39-22(8)46-31)23(13-9-11-15-34)40-33(44)30-26(38-21(7)45-30)19(5)36-18(3)4;2-1-3/h17-22,25H,10-16,40H2,1-9H3,(H,45,53)(H,46,54)(H,49,52)(H4,41,42,43);17-20,23,36H,9-16,34-35H2,1-8H3,(H,37,43)(H,40,44);1H,(H3,2,3)/p+4/t20-,21+,22+,25+;19-,20-,23-;/m10./s1. The van der Waals surface area contributed by atoms with Crippen LogP contribution in [0, 0.1) is 45.4 Å². The van der Waals surface area contributed by atoms with Crippen LogP contribution in [0.4, 0.5) is 0 Å². The fourth-order valence-corrected chi connectivity index (χ4v) is 18.8. The SMILES string of the molecule is Cc1nc([C@H](C)NC(=O)c2sc(CCCN)nc2[C@H](C)NC(=O)c2sc(C)nc2[C@H](CCC[NH+]=C(N)N)NC(=O)c2scnc2[C@H](C)CC(C)C)c(C(=O)C(C)C)s1.Cc1nc([C@H](C)NC(C)C)c(C(=O)N[C@@H](CCCC[NH3+])c2nc(C)sc2C(=O)N[C@@H](C)c2nc(CCCC[NH3+])sc2C(=O)C(C)C)s1.NC=[NH2+]. The molecule has 0 aliphatic heterocycles. The van der Waals surface area contributed by atoms with Crippen LogP contribution >= 0.6 is 79.4 Å². The molecule has 7 atom stereocenters. The number of Topliss-reactive ketones (excluding diaryl/α,β-unsaturated/α-hetero) is 2. The number of nitrogens with one attached hydrogen (secondary N) is 7. The number of quaternary nitrogens is 2. The Labute approximate surface area is 663 Å². The van der Waals surface area contributed by atoms with E-state index in [0.29, 0.717) is 124 Å². The molecule has 0 aliphatic rings. The van der Waals surface area contributed by atoms with E-state index in [1.165, 1.54) is 79.4 Å². The van der Waals surface area contributed by atoms with Crippen molar-refractivity contribution in [3.05, 3.63) is 110 Å². The van der Waals surface area contributed by atoms with Crippen molar-refractivity contribution >= 4 is 133 Å². The molecule has 0 unspecified atom stereocenters. The highest BCUT2D eigenvalue weighted by atomic mass is 32.1. The highest BCUT2D eigenvalue weighted by molar-refractivity contribution is 7.15. The average molecular weight is 1630 g/mol. The maximum absolute atomic E-state index is 14.2. The molecular weight excluding hydrogens is 1510 g/mol. The van der Waals surface area contributed by atoms with E-state index in [2.05, 4.69) is 109 Å². The molecule has 35 heteroatoms. The summed E-state index contributed by atoms with van der Waals surface area (Å²) in [4.78, 5) is 135. The molecule has 0 saturated heterocycles. The summed E-state index contributed by atoms with van der Waals surface area (Å²) in [6, 6.07) is -2.72. The molecule has 0 spiro atoms. The molecule has 108 heavy (non-hydrogen) atoms. The van der Waals surface area contributed by atoms with Gasteiger partial charge in [-0.2, -0.15) is 0 Å². The summed E-state index contributed by atoms with van der Waals surface area (Å²) in [5.74, 6) is -1.41. The van der Waals surface area contributed by atoms with Gasteiger partial charge in [-0.05, 0) is 132 Å². The van der Waals surface area contributed by atoms with Gasteiger partial charge in [-0.3, -0.25) is 61.2 Å². The third kappa shape index (κ3) is 26.7. The number of hydrogen-bond donors (Lipinski definition) is 14. The Kier molecular flexibility index (Phi) is 37.6. The van der Waals surface area contributed by atoms with Gasteiger partial charge in [0.2, 0.25) is 6.34 Å². The quantitative estimate of drug-likeness (QED) is 0.00809. The van der Waals surface area contributed by atoms with Crippen molar-refractivity contribution < 1.29 is 55.4 Å². The van der Waals surface area contributed by atoms with Gasteiger partial charge >= 0.3 is 5.96 Å². The molecule has 7 aromatic rings. The number of carbonyl (C=O) groups is 7. The summed E-state index contributed by atoms with van der Waals surface area (Å²) in [5, 5.41) is 28.1. The summed E-state index contributed by atoms with van der Waals surface area (Å²) < 4.78 is 0. The first-order valence-electron chi connectivity index (χ1n) is 37.0. The number of rotatable bonds is 40. The molecule has 0 aromatic carbocycles. The van der Waals surface area contributed by atoms with Crippen molar-refractivity contribution in [2.75, 3.05) is 26.2 Å². The van der Waals surface area contributed by atoms with E-state index in [9.17, 15) is 33.6 Å². The van der Waals surface area contributed by atoms with Gasteiger partial charge in [0.05, 0.1) is 135 Å². The van der Waals surface area contributed by atoms with E-state index in [-0.39, 0.29) is 71.0 Å². The molecule has 28 nitrogen and oxygen atoms in total. The van der Waals surface area contributed by atoms with Gasteiger partial charge in [0.15, 0.2) is 11.6 Å². The molecule has 23 N–H and O–H groups in total. The molecule has 7 heterocycles. The molecule has 0 bridgehead atoms. The summed E-state index contributed by atoms with van der Waals surface area (Å²) in [6.07, 6.45) is 9.16. The van der Waals surface area contributed by atoms with Gasteiger partial charge in [-0.15, -0.1) is 79.4 Å². The van der Waals surface area contributed by atoms with Crippen LogP contribution in [0.1, 0.15) is 328 Å². The Morgan fingerprint density at radius 3 is 1.30 bits per heavy atom. The van der Waals surface area contributed by atoms with Crippen LogP contribution in [0.5, 0.6) is 0 Å². The van der Waals surface area contributed by atoms with Crippen LogP contribution in [0.15, 0.2) is 5.51 Å². The fraction of sp³-hybridized carbons (Fsp3) is 0.589. The zero-order valence-electron chi connectivity index (χ0n) is 65.8. The number of unbranched alkanes of at least 4 members (excludes halogenated alkanes) is 2. The third-order valence-electron chi connectivity index (χ3n) is 16.9. The Hall–Kier alpha value is -7.32. The lowest BCUT2D eigenvalue weighted by atomic mass is 9.95. The average Bonchev–Trinajstić information content (AvgIpc) is 1.63. The van der Waals surface area contributed by atoms with E-state index in [0.717, 1.165) is 89.4 Å². The number of nitrogens with two attached hydrogens (primary N) is 5. The number of hydrogen-bond acceptors (Lipinski definition) is 23. The second kappa shape index (κ2) is 44.5. The molecular formula is C73H117N21O7S7+4. The molecule has 5 amide bonds. The van der Waals surface area contributed by atoms with Crippen LogP contribution in [0.2, 0.25) is 0 Å². The number of ketones is 2. The molecule has 7 rings (SSSR count). The Morgan fingerprint density at radius 1 is 0.481 bits per heavy atom. The predicted octanol–water partition coefficient (Wildman–Crippen LogP) is 6.84. The minimum atomic E-state index is -0.691. The lowest BCUT2D eigenvalue weighted by Crippen LogP contribution is -2.78. The van der Waals surface area contributed by atoms with Crippen LogP contribution in [0.3, 0.4) is 0 Å². The normalized spacial score (nSPS) is 13.3. The van der Waals surface area contributed by atoms with E-state index in [4.69, 9.17) is 37.1 Å². The maximum Gasteiger partial charge on any atom is 0.338 e. The highest BCUT2D eigenvalue weighted by Gasteiger charge is 2.35. The largest absolute Gasteiger partial charge is 0.358 e. The molecule has 594 valence electrons. The van der Waals surface area contributed by atoms with Gasteiger partial charge in [-0.1, -0.05) is 62.3 Å². The number of carbonyl (C=O) groups excluding carboxylic acids is 7. The maximum atomic E-state index is 14.2. The Balaban J connectivity index is 0.000000381. The van der Waals surface area contributed by atoms with Crippen molar-refractivity contribution in [3.63, 3.8) is 0 Å². The minimum Gasteiger partial charge on any atom is -0.358 e. The zero-order chi connectivity index (χ0) is 80.4.